The van der Waals surface area contributed by atoms with Crippen LogP contribution in [0.3, 0.4) is 0 Å². The summed E-state index contributed by atoms with van der Waals surface area (Å²) in [5, 5.41) is 11.9. The zero-order valence-electron chi connectivity index (χ0n) is 19.4. The van der Waals surface area contributed by atoms with Crippen molar-refractivity contribution in [3.8, 4) is 11.1 Å². The van der Waals surface area contributed by atoms with Crippen molar-refractivity contribution in [1.29, 1.82) is 0 Å². The van der Waals surface area contributed by atoms with Gasteiger partial charge >= 0.3 is 0 Å². The van der Waals surface area contributed by atoms with Crippen LogP contribution in [0.5, 0.6) is 0 Å². The van der Waals surface area contributed by atoms with Crippen molar-refractivity contribution in [3.63, 3.8) is 0 Å². The SMILES string of the molecule is O=C(CNCc1ccc(-c2ccccc2)cc1)Nc1ccc2cnn(CCN3CCCC3)c2c1. The summed E-state index contributed by atoms with van der Waals surface area (Å²) in [6, 6.07) is 24.7. The van der Waals surface area contributed by atoms with Crippen LogP contribution in [0.15, 0.2) is 79.0 Å². The minimum atomic E-state index is -0.0524. The maximum absolute atomic E-state index is 12.5. The first-order valence-electron chi connectivity index (χ1n) is 12.1. The lowest BCUT2D eigenvalue weighted by Crippen LogP contribution is -2.27. The molecule has 2 N–H and O–H groups in total. The lowest BCUT2D eigenvalue weighted by Gasteiger charge is -2.14. The molecule has 6 heteroatoms. The van der Waals surface area contributed by atoms with E-state index in [4.69, 9.17) is 0 Å². The van der Waals surface area contributed by atoms with E-state index < -0.39 is 0 Å². The van der Waals surface area contributed by atoms with Gasteiger partial charge in [-0.25, -0.2) is 0 Å². The number of carbonyl (C=O) groups is 1. The molecule has 174 valence electrons. The zero-order valence-corrected chi connectivity index (χ0v) is 19.4. The molecule has 0 radical (unpaired) electrons. The molecule has 1 aromatic heterocycles. The summed E-state index contributed by atoms with van der Waals surface area (Å²) < 4.78 is 2.04. The molecule has 1 aliphatic heterocycles. The Morgan fingerprint density at radius 1 is 0.882 bits per heavy atom. The Bertz CT molecular complexity index is 1230. The highest BCUT2D eigenvalue weighted by molar-refractivity contribution is 5.94. The van der Waals surface area contributed by atoms with Crippen molar-refractivity contribution in [2.45, 2.75) is 25.9 Å². The van der Waals surface area contributed by atoms with Crippen LogP contribution in [-0.4, -0.2) is 46.8 Å². The molecule has 4 aromatic rings. The highest BCUT2D eigenvalue weighted by Gasteiger charge is 2.12. The smallest absolute Gasteiger partial charge is 0.238 e. The Balaban J connectivity index is 1.12. The number of fused-ring (bicyclic) bond motifs is 1. The van der Waals surface area contributed by atoms with Gasteiger partial charge in [0.1, 0.15) is 0 Å². The quantitative estimate of drug-likeness (QED) is 0.391. The highest BCUT2D eigenvalue weighted by Crippen LogP contribution is 2.20. The van der Waals surface area contributed by atoms with Crippen LogP contribution in [0.4, 0.5) is 5.69 Å². The molecular formula is C28H31N5O. The second-order valence-corrected chi connectivity index (χ2v) is 8.90. The van der Waals surface area contributed by atoms with E-state index in [0.717, 1.165) is 35.2 Å². The molecule has 1 saturated heterocycles. The number of benzene rings is 3. The molecule has 1 amide bonds. The highest BCUT2D eigenvalue weighted by atomic mass is 16.1. The molecule has 1 fully saturated rings. The van der Waals surface area contributed by atoms with Crippen molar-refractivity contribution in [3.05, 3.63) is 84.6 Å². The topological polar surface area (TPSA) is 62.2 Å². The van der Waals surface area contributed by atoms with Crippen molar-refractivity contribution in [2.24, 2.45) is 0 Å². The second-order valence-electron chi connectivity index (χ2n) is 8.90. The van der Waals surface area contributed by atoms with Gasteiger partial charge in [-0.1, -0.05) is 54.6 Å². The fourth-order valence-corrected chi connectivity index (χ4v) is 4.54. The van der Waals surface area contributed by atoms with E-state index in [1.807, 2.05) is 47.3 Å². The number of nitrogens with zero attached hydrogens (tertiary/aromatic N) is 3. The van der Waals surface area contributed by atoms with Crippen LogP contribution in [0.1, 0.15) is 18.4 Å². The molecule has 0 atom stereocenters. The molecule has 0 aliphatic carbocycles. The predicted octanol–water partition coefficient (Wildman–Crippen LogP) is 4.53. The predicted molar refractivity (Wildman–Crippen MR) is 138 cm³/mol. The van der Waals surface area contributed by atoms with Crippen molar-refractivity contribution in [2.75, 3.05) is 31.5 Å². The van der Waals surface area contributed by atoms with Crippen LogP contribution in [0, 0.1) is 0 Å². The van der Waals surface area contributed by atoms with Gasteiger partial charge in [0, 0.05) is 24.2 Å². The van der Waals surface area contributed by atoms with Gasteiger partial charge in [0.05, 0.1) is 24.8 Å². The van der Waals surface area contributed by atoms with Crippen molar-refractivity contribution < 1.29 is 4.79 Å². The van der Waals surface area contributed by atoms with E-state index >= 15 is 0 Å². The van der Waals surface area contributed by atoms with E-state index in [1.165, 1.54) is 37.1 Å². The van der Waals surface area contributed by atoms with E-state index in [1.54, 1.807) is 0 Å². The maximum Gasteiger partial charge on any atom is 0.238 e. The summed E-state index contributed by atoms with van der Waals surface area (Å²) in [6.45, 7) is 5.15. The second kappa shape index (κ2) is 10.6. The molecular weight excluding hydrogens is 422 g/mol. The van der Waals surface area contributed by atoms with E-state index in [0.29, 0.717) is 6.54 Å². The zero-order chi connectivity index (χ0) is 23.2. The number of rotatable bonds is 9. The van der Waals surface area contributed by atoms with Gasteiger partial charge in [-0.05, 0) is 60.8 Å². The summed E-state index contributed by atoms with van der Waals surface area (Å²) in [4.78, 5) is 15.0. The summed E-state index contributed by atoms with van der Waals surface area (Å²) in [7, 11) is 0. The van der Waals surface area contributed by atoms with Crippen LogP contribution < -0.4 is 10.6 Å². The third-order valence-corrected chi connectivity index (χ3v) is 6.43. The van der Waals surface area contributed by atoms with Gasteiger partial charge in [-0.15, -0.1) is 0 Å². The Kier molecular flexibility index (Phi) is 6.98. The van der Waals surface area contributed by atoms with Crippen LogP contribution >= 0.6 is 0 Å². The van der Waals surface area contributed by atoms with Gasteiger partial charge in [0.15, 0.2) is 0 Å². The molecule has 34 heavy (non-hydrogen) atoms. The lowest BCUT2D eigenvalue weighted by atomic mass is 10.0. The molecule has 1 aliphatic rings. The molecule has 0 bridgehead atoms. The standard InChI is InChI=1S/C28H31N5O/c34-28(21-29-19-22-8-10-24(11-9-22)23-6-2-1-3-7-23)31-26-13-12-25-20-30-33(27(25)18-26)17-16-32-14-4-5-15-32/h1-3,6-13,18,20,29H,4-5,14-17,19,21H2,(H,31,34). The Labute approximate surface area is 200 Å². The fraction of sp³-hybridized carbons (Fsp3) is 0.286. The maximum atomic E-state index is 12.5. The molecule has 0 spiro atoms. The minimum Gasteiger partial charge on any atom is -0.325 e. The molecule has 2 heterocycles. The Morgan fingerprint density at radius 3 is 2.44 bits per heavy atom. The molecule has 0 unspecified atom stereocenters. The third kappa shape index (κ3) is 5.53. The van der Waals surface area contributed by atoms with Gasteiger partial charge in [0.2, 0.25) is 5.91 Å². The number of hydrogen-bond acceptors (Lipinski definition) is 4. The van der Waals surface area contributed by atoms with E-state index in [9.17, 15) is 4.79 Å². The fourth-order valence-electron chi connectivity index (χ4n) is 4.54. The summed E-state index contributed by atoms with van der Waals surface area (Å²) in [5.41, 5.74) is 5.40. The monoisotopic (exact) mass is 453 g/mol. The van der Waals surface area contributed by atoms with Crippen molar-refractivity contribution in [1.82, 2.24) is 20.0 Å². The van der Waals surface area contributed by atoms with Crippen LogP contribution in [-0.2, 0) is 17.9 Å². The largest absolute Gasteiger partial charge is 0.325 e. The average molecular weight is 454 g/mol. The first-order valence-corrected chi connectivity index (χ1v) is 12.1. The number of hydrogen-bond donors (Lipinski definition) is 2. The molecule has 3 aromatic carbocycles. The molecule has 0 saturated carbocycles. The van der Waals surface area contributed by atoms with E-state index in [-0.39, 0.29) is 12.5 Å². The van der Waals surface area contributed by atoms with Gasteiger partial charge in [0.25, 0.3) is 0 Å². The van der Waals surface area contributed by atoms with Crippen molar-refractivity contribution >= 4 is 22.5 Å². The van der Waals surface area contributed by atoms with Crippen LogP contribution in [0.2, 0.25) is 0 Å². The Hall–Kier alpha value is -3.48. The molecule has 6 nitrogen and oxygen atoms in total. The number of likely N-dealkylation sites (tertiary alicyclic amines) is 1. The van der Waals surface area contributed by atoms with Gasteiger partial charge < -0.3 is 15.5 Å². The summed E-state index contributed by atoms with van der Waals surface area (Å²) in [6.07, 6.45) is 4.49. The number of anilines is 1. The Morgan fingerprint density at radius 2 is 1.65 bits per heavy atom. The number of carbonyl (C=O) groups excluding carboxylic acids is 1. The summed E-state index contributed by atoms with van der Waals surface area (Å²) in [5.74, 6) is -0.0524. The third-order valence-electron chi connectivity index (χ3n) is 6.43. The van der Waals surface area contributed by atoms with Gasteiger partial charge in [-0.3, -0.25) is 9.48 Å². The normalized spacial score (nSPS) is 14.0. The number of aromatic nitrogens is 2. The summed E-state index contributed by atoms with van der Waals surface area (Å²) >= 11 is 0. The lowest BCUT2D eigenvalue weighted by molar-refractivity contribution is -0.115. The first kappa shape index (κ1) is 22.3. The first-order chi connectivity index (χ1) is 16.7. The average Bonchev–Trinajstić information content (AvgIpc) is 3.53. The number of nitrogens with one attached hydrogen (secondary N) is 2. The van der Waals surface area contributed by atoms with E-state index in [2.05, 4.69) is 57.0 Å². The minimum absolute atomic E-state index is 0.0524. The van der Waals surface area contributed by atoms with Gasteiger partial charge in [-0.2, -0.15) is 5.10 Å². The number of amides is 1. The van der Waals surface area contributed by atoms with Crippen LogP contribution in [0.25, 0.3) is 22.0 Å². The molecule has 5 rings (SSSR count).